The zero-order valence-electron chi connectivity index (χ0n) is 14.9. The number of benzene rings is 1. The first-order valence-corrected chi connectivity index (χ1v) is 8.20. The van der Waals surface area contributed by atoms with Gasteiger partial charge in [0, 0.05) is 0 Å². The Morgan fingerprint density at radius 1 is 0.900 bits per heavy atom. The molecule has 0 fully saturated rings. The molecule has 0 aliphatic rings. The summed E-state index contributed by atoms with van der Waals surface area (Å²) in [4.78, 5) is 0. The van der Waals surface area contributed by atoms with Crippen molar-refractivity contribution in [3.05, 3.63) is 34.9 Å². The van der Waals surface area contributed by atoms with E-state index in [4.69, 9.17) is 0 Å². The minimum absolute atomic E-state index is 0.309. The van der Waals surface area contributed by atoms with Crippen LogP contribution in [-0.2, 0) is 12.8 Å². The maximum atomic E-state index is 2.39. The summed E-state index contributed by atoms with van der Waals surface area (Å²) in [7, 11) is 0. The van der Waals surface area contributed by atoms with Crippen molar-refractivity contribution in [1.82, 2.24) is 0 Å². The van der Waals surface area contributed by atoms with E-state index < -0.39 is 0 Å². The van der Waals surface area contributed by atoms with Crippen molar-refractivity contribution in [2.45, 2.75) is 80.6 Å². The molecule has 1 aromatic rings. The molecule has 0 heterocycles. The van der Waals surface area contributed by atoms with E-state index in [0.717, 1.165) is 12.8 Å². The van der Waals surface area contributed by atoms with E-state index in [9.17, 15) is 0 Å². The highest BCUT2D eigenvalue weighted by Gasteiger charge is 2.31. The molecule has 0 nitrogen and oxygen atoms in total. The van der Waals surface area contributed by atoms with Crippen molar-refractivity contribution >= 4 is 0 Å². The second kappa shape index (κ2) is 6.33. The maximum absolute atomic E-state index is 2.39. The summed E-state index contributed by atoms with van der Waals surface area (Å²) in [5.41, 5.74) is 5.40. The molecule has 0 aliphatic carbocycles. The normalized spacial score (nSPS) is 14.4. The molecule has 1 rings (SSSR count). The molecule has 0 aromatic heterocycles. The summed E-state index contributed by atoms with van der Waals surface area (Å²) in [5.74, 6) is 0.629. The van der Waals surface area contributed by atoms with Gasteiger partial charge >= 0.3 is 0 Å². The predicted octanol–water partition coefficient (Wildman–Crippen LogP) is 6.38. The third-order valence-corrected chi connectivity index (χ3v) is 4.28. The van der Waals surface area contributed by atoms with Gasteiger partial charge in [0.25, 0.3) is 0 Å². The molecule has 1 aromatic carbocycles. The van der Waals surface area contributed by atoms with E-state index in [1.807, 2.05) is 0 Å². The van der Waals surface area contributed by atoms with Gasteiger partial charge in [0.2, 0.25) is 0 Å². The number of hydrogen-bond donors (Lipinski definition) is 0. The Hall–Kier alpha value is -0.780. The van der Waals surface area contributed by atoms with Crippen molar-refractivity contribution in [2.24, 2.45) is 10.8 Å². The van der Waals surface area contributed by atoms with Gasteiger partial charge in [-0.2, -0.15) is 0 Å². The minimum atomic E-state index is 0.309. The molecule has 0 saturated heterocycles. The lowest BCUT2D eigenvalue weighted by molar-refractivity contribution is 0.228. The van der Waals surface area contributed by atoms with E-state index in [0.29, 0.717) is 16.7 Å². The van der Waals surface area contributed by atoms with Crippen molar-refractivity contribution < 1.29 is 0 Å². The lowest BCUT2D eigenvalue weighted by Crippen LogP contribution is -2.25. The van der Waals surface area contributed by atoms with Crippen LogP contribution in [-0.4, -0.2) is 0 Å². The second-order valence-corrected chi connectivity index (χ2v) is 8.38. The van der Waals surface area contributed by atoms with Crippen LogP contribution in [0.25, 0.3) is 0 Å². The van der Waals surface area contributed by atoms with E-state index in [1.165, 1.54) is 12.0 Å². The first-order chi connectivity index (χ1) is 9.10. The van der Waals surface area contributed by atoms with Crippen LogP contribution in [0, 0.1) is 10.8 Å². The molecule has 0 heteroatoms. The van der Waals surface area contributed by atoms with Crippen LogP contribution < -0.4 is 0 Å². The molecular weight excluding hydrogens is 240 g/mol. The SMILES string of the molecule is CCc1cccc(C(CC(C)(C)C)C(C)(C)C)c1CC. The monoisotopic (exact) mass is 274 g/mol. The number of hydrogen-bond acceptors (Lipinski definition) is 0. The van der Waals surface area contributed by atoms with Crippen LogP contribution in [0.1, 0.15) is 84.4 Å². The lowest BCUT2D eigenvalue weighted by atomic mass is 9.67. The Kier molecular flexibility index (Phi) is 5.46. The highest BCUT2D eigenvalue weighted by molar-refractivity contribution is 5.38. The smallest absolute Gasteiger partial charge is 0.0105 e. The Labute approximate surface area is 127 Å². The van der Waals surface area contributed by atoms with Crippen LogP contribution in [0.2, 0.25) is 0 Å². The van der Waals surface area contributed by atoms with Gasteiger partial charge in [-0.1, -0.05) is 73.6 Å². The standard InChI is InChI=1S/C20H34/c1-9-15-12-11-13-17(16(15)10-2)18(20(6,7)8)14-19(3,4)5/h11-13,18H,9-10,14H2,1-8H3. The molecule has 114 valence electrons. The van der Waals surface area contributed by atoms with Gasteiger partial charge in [-0.15, -0.1) is 0 Å². The highest BCUT2D eigenvalue weighted by Crippen LogP contribution is 2.44. The summed E-state index contributed by atoms with van der Waals surface area (Å²) < 4.78 is 0. The van der Waals surface area contributed by atoms with Crippen molar-refractivity contribution in [3.63, 3.8) is 0 Å². The average Bonchev–Trinajstić information content (AvgIpc) is 2.32. The van der Waals surface area contributed by atoms with E-state index in [2.05, 4.69) is 73.6 Å². The topological polar surface area (TPSA) is 0 Å². The van der Waals surface area contributed by atoms with Gasteiger partial charge in [0.1, 0.15) is 0 Å². The van der Waals surface area contributed by atoms with Gasteiger partial charge in [-0.25, -0.2) is 0 Å². The third-order valence-electron chi connectivity index (χ3n) is 4.28. The van der Waals surface area contributed by atoms with Crippen LogP contribution in [0.5, 0.6) is 0 Å². The van der Waals surface area contributed by atoms with Crippen LogP contribution >= 0.6 is 0 Å². The fourth-order valence-electron chi connectivity index (χ4n) is 3.24. The van der Waals surface area contributed by atoms with E-state index in [1.54, 1.807) is 11.1 Å². The van der Waals surface area contributed by atoms with Gasteiger partial charge < -0.3 is 0 Å². The molecular formula is C20H34. The zero-order valence-corrected chi connectivity index (χ0v) is 14.9. The fourth-order valence-corrected chi connectivity index (χ4v) is 3.24. The molecule has 0 radical (unpaired) electrons. The zero-order chi connectivity index (χ0) is 15.6. The molecule has 20 heavy (non-hydrogen) atoms. The van der Waals surface area contributed by atoms with Gasteiger partial charge in [-0.05, 0) is 52.7 Å². The molecule has 0 spiro atoms. The molecule has 0 amide bonds. The van der Waals surface area contributed by atoms with E-state index in [-0.39, 0.29) is 0 Å². The van der Waals surface area contributed by atoms with Crippen molar-refractivity contribution in [2.75, 3.05) is 0 Å². The minimum Gasteiger partial charge on any atom is -0.0617 e. The lowest BCUT2D eigenvalue weighted by Gasteiger charge is -2.37. The van der Waals surface area contributed by atoms with Crippen LogP contribution in [0.15, 0.2) is 18.2 Å². The van der Waals surface area contributed by atoms with Crippen LogP contribution in [0.3, 0.4) is 0 Å². The summed E-state index contributed by atoms with van der Waals surface area (Å²) in [6.45, 7) is 18.8. The van der Waals surface area contributed by atoms with Crippen molar-refractivity contribution in [3.8, 4) is 0 Å². The predicted molar refractivity (Wildman–Crippen MR) is 91.5 cm³/mol. The quantitative estimate of drug-likeness (QED) is 0.598. The third kappa shape index (κ3) is 4.36. The van der Waals surface area contributed by atoms with Crippen LogP contribution in [0.4, 0.5) is 0 Å². The van der Waals surface area contributed by atoms with Crippen molar-refractivity contribution in [1.29, 1.82) is 0 Å². The maximum Gasteiger partial charge on any atom is -0.0105 e. The summed E-state index contributed by atoms with van der Waals surface area (Å²) >= 11 is 0. The highest BCUT2D eigenvalue weighted by atomic mass is 14.4. The summed E-state index contributed by atoms with van der Waals surface area (Å²) in [6.07, 6.45) is 3.54. The van der Waals surface area contributed by atoms with E-state index >= 15 is 0 Å². The molecule has 0 bridgehead atoms. The molecule has 1 unspecified atom stereocenters. The fraction of sp³-hybridized carbons (Fsp3) is 0.700. The summed E-state index contributed by atoms with van der Waals surface area (Å²) in [6, 6.07) is 6.94. The Bertz CT molecular complexity index is 426. The molecule has 0 N–H and O–H groups in total. The first-order valence-electron chi connectivity index (χ1n) is 8.20. The van der Waals surface area contributed by atoms with Gasteiger partial charge in [0.15, 0.2) is 0 Å². The molecule has 1 atom stereocenters. The largest absolute Gasteiger partial charge is 0.0617 e. The first kappa shape index (κ1) is 17.3. The Balaban J connectivity index is 3.34. The molecule has 0 saturated carbocycles. The average molecular weight is 274 g/mol. The Morgan fingerprint density at radius 3 is 1.90 bits per heavy atom. The Morgan fingerprint density at radius 2 is 1.50 bits per heavy atom. The second-order valence-electron chi connectivity index (χ2n) is 8.38. The summed E-state index contributed by atoms with van der Waals surface area (Å²) in [5, 5.41) is 0. The molecule has 0 aliphatic heterocycles. The van der Waals surface area contributed by atoms with Gasteiger partial charge in [-0.3, -0.25) is 0 Å². The number of aryl methyl sites for hydroxylation is 1. The number of rotatable bonds is 4. The van der Waals surface area contributed by atoms with Gasteiger partial charge in [0.05, 0.1) is 0 Å².